The van der Waals surface area contributed by atoms with Crippen LogP contribution in [0.2, 0.25) is 0 Å². The first kappa shape index (κ1) is 18.6. The van der Waals surface area contributed by atoms with Gasteiger partial charge in [0.1, 0.15) is 11.3 Å². The zero-order valence-corrected chi connectivity index (χ0v) is 14.5. The molecule has 0 unspecified atom stereocenters. The van der Waals surface area contributed by atoms with Crippen molar-refractivity contribution in [3.05, 3.63) is 22.5 Å². The Morgan fingerprint density at radius 1 is 1.26 bits per heavy atom. The fourth-order valence-electron chi connectivity index (χ4n) is 1.91. The monoisotopic (exact) mass is 320 g/mol. The molecule has 1 aromatic rings. The van der Waals surface area contributed by atoms with Gasteiger partial charge in [-0.25, -0.2) is 9.59 Å². The van der Waals surface area contributed by atoms with Crippen molar-refractivity contribution in [2.45, 2.75) is 47.1 Å². The summed E-state index contributed by atoms with van der Waals surface area (Å²) in [5.74, 6) is 5.41. The normalized spacial score (nSPS) is 10.5. The van der Waals surface area contributed by atoms with Crippen molar-refractivity contribution in [3.63, 3.8) is 0 Å². The average molecular weight is 320 g/mol. The number of aromatic nitrogens is 1. The minimum Gasteiger partial charge on any atom is -0.461 e. The van der Waals surface area contributed by atoms with Gasteiger partial charge in [-0.15, -0.1) is 0 Å². The van der Waals surface area contributed by atoms with Gasteiger partial charge in [-0.2, -0.15) is 0 Å². The van der Waals surface area contributed by atoms with Crippen molar-refractivity contribution in [1.29, 1.82) is 0 Å². The molecule has 0 spiro atoms. The largest absolute Gasteiger partial charge is 0.461 e. The van der Waals surface area contributed by atoms with E-state index in [-0.39, 0.29) is 6.54 Å². The fraction of sp³-hybridized carbons (Fsp3) is 0.529. The predicted octanol–water partition coefficient (Wildman–Crippen LogP) is 2.68. The number of hydrogen-bond donors (Lipinski definition) is 2. The lowest BCUT2D eigenvalue weighted by atomic mass is 10.1. The summed E-state index contributed by atoms with van der Waals surface area (Å²) in [4.78, 5) is 26.3. The van der Waals surface area contributed by atoms with Crippen molar-refractivity contribution in [2.75, 3.05) is 13.2 Å². The number of carbonyl (C=O) groups excluding carboxylic acids is 2. The molecular weight excluding hydrogens is 296 g/mol. The first-order valence-corrected chi connectivity index (χ1v) is 7.47. The molecule has 0 aliphatic carbocycles. The molecule has 1 heterocycles. The molecule has 1 amide bonds. The van der Waals surface area contributed by atoms with Crippen LogP contribution in [0.25, 0.3) is 0 Å². The summed E-state index contributed by atoms with van der Waals surface area (Å²) in [7, 11) is 0. The Morgan fingerprint density at radius 3 is 2.48 bits per heavy atom. The lowest BCUT2D eigenvalue weighted by Gasteiger charge is -2.18. The molecule has 0 aromatic carbocycles. The van der Waals surface area contributed by atoms with E-state index in [1.54, 1.807) is 34.6 Å². The fourth-order valence-corrected chi connectivity index (χ4v) is 1.91. The van der Waals surface area contributed by atoms with E-state index < -0.39 is 17.7 Å². The van der Waals surface area contributed by atoms with Gasteiger partial charge in [0.25, 0.3) is 0 Å². The number of ether oxygens (including phenoxy) is 2. The third-order valence-corrected chi connectivity index (χ3v) is 2.85. The van der Waals surface area contributed by atoms with E-state index in [4.69, 9.17) is 9.47 Å². The van der Waals surface area contributed by atoms with Gasteiger partial charge in [0.2, 0.25) is 0 Å². The van der Waals surface area contributed by atoms with Crippen molar-refractivity contribution in [2.24, 2.45) is 0 Å². The molecule has 2 N–H and O–H groups in total. The molecular formula is C17H24N2O4. The average Bonchev–Trinajstić information content (AvgIpc) is 2.69. The highest BCUT2D eigenvalue weighted by Crippen LogP contribution is 2.17. The van der Waals surface area contributed by atoms with Gasteiger partial charge in [0.05, 0.1) is 13.2 Å². The van der Waals surface area contributed by atoms with E-state index in [1.165, 1.54) is 0 Å². The van der Waals surface area contributed by atoms with Gasteiger partial charge in [-0.05, 0) is 47.1 Å². The standard InChI is InChI=1S/C17H24N2O4/c1-7-22-15(20)14-11(2)13(12(3)19-14)9-8-10-18-16(21)23-17(4,5)6/h19H,7,10H2,1-6H3,(H,18,21). The Kier molecular flexibility index (Phi) is 6.26. The summed E-state index contributed by atoms with van der Waals surface area (Å²) in [6.45, 7) is 11.3. The minimum atomic E-state index is -0.542. The number of nitrogens with one attached hydrogen (secondary N) is 2. The molecule has 1 rings (SSSR count). The Labute approximate surface area is 136 Å². The van der Waals surface area contributed by atoms with Gasteiger partial charge in [0.15, 0.2) is 0 Å². The molecule has 0 aliphatic heterocycles. The molecule has 0 atom stereocenters. The van der Waals surface area contributed by atoms with E-state index in [9.17, 15) is 9.59 Å². The van der Waals surface area contributed by atoms with Crippen LogP contribution in [0.1, 0.15) is 55.0 Å². The topological polar surface area (TPSA) is 80.4 Å². The summed E-state index contributed by atoms with van der Waals surface area (Å²) in [6, 6.07) is 0. The van der Waals surface area contributed by atoms with Crippen LogP contribution in [-0.4, -0.2) is 35.8 Å². The number of alkyl carbamates (subject to hydrolysis) is 1. The second-order valence-electron chi connectivity index (χ2n) is 6.00. The molecule has 1 aromatic heterocycles. The SMILES string of the molecule is CCOC(=O)c1[nH]c(C)c(C#CCNC(=O)OC(C)(C)C)c1C. The highest BCUT2D eigenvalue weighted by Gasteiger charge is 2.17. The highest BCUT2D eigenvalue weighted by molar-refractivity contribution is 5.90. The summed E-state index contributed by atoms with van der Waals surface area (Å²) in [5.41, 5.74) is 2.13. The third kappa shape index (κ3) is 5.70. The van der Waals surface area contributed by atoms with Crippen LogP contribution in [0.15, 0.2) is 0 Å². The Morgan fingerprint density at radius 2 is 1.91 bits per heavy atom. The van der Waals surface area contributed by atoms with Crippen LogP contribution in [0.4, 0.5) is 4.79 Å². The molecule has 0 fully saturated rings. The van der Waals surface area contributed by atoms with Crippen molar-refractivity contribution >= 4 is 12.1 Å². The van der Waals surface area contributed by atoms with Crippen LogP contribution in [0.5, 0.6) is 0 Å². The molecule has 0 saturated heterocycles. The van der Waals surface area contributed by atoms with Crippen molar-refractivity contribution in [3.8, 4) is 11.8 Å². The molecule has 0 aliphatic rings. The maximum atomic E-state index is 11.8. The van der Waals surface area contributed by atoms with E-state index >= 15 is 0 Å². The number of esters is 1. The van der Waals surface area contributed by atoms with Crippen LogP contribution in [0, 0.1) is 25.7 Å². The Hall–Kier alpha value is -2.42. The van der Waals surface area contributed by atoms with E-state index in [1.807, 2.05) is 6.92 Å². The quantitative estimate of drug-likeness (QED) is 0.663. The van der Waals surface area contributed by atoms with Gasteiger partial charge in [-0.1, -0.05) is 11.8 Å². The molecule has 0 radical (unpaired) electrons. The minimum absolute atomic E-state index is 0.160. The summed E-state index contributed by atoms with van der Waals surface area (Å²) in [5, 5.41) is 2.56. The number of rotatable bonds is 3. The number of aromatic amines is 1. The van der Waals surface area contributed by atoms with Crippen LogP contribution in [0.3, 0.4) is 0 Å². The zero-order chi connectivity index (χ0) is 17.6. The summed E-state index contributed by atoms with van der Waals surface area (Å²) in [6.07, 6.45) is -0.512. The first-order chi connectivity index (χ1) is 10.7. The maximum Gasteiger partial charge on any atom is 0.408 e. The summed E-state index contributed by atoms with van der Waals surface area (Å²) < 4.78 is 10.1. The third-order valence-electron chi connectivity index (χ3n) is 2.85. The molecule has 23 heavy (non-hydrogen) atoms. The number of H-pyrrole nitrogens is 1. The predicted molar refractivity (Wildman–Crippen MR) is 87.3 cm³/mol. The highest BCUT2D eigenvalue weighted by atomic mass is 16.6. The summed E-state index contributed by atoms with van der Waals surface area (Å²) >= 11 is 0. The maximum absolute atomic E-state index is 11.8. The lowest BCUT2D eigenvalue weighted by molar-refractivity contribution is 0.0514. The van der Waals surface area contributed by atoms with Crippen molar-refractivity contribution < 1.29 is 19.1 Å². The van der Waals surface area contributed by atoms with Gasteiger partial charge < -0.3 is 19.8 Å². The number of amides is 1. The first-order valence-electron chi connectivity index (χ1n) is 7.47. The van der Waals surface area contributed by atoms with E-state index in [0.29, 0.717) is 12.3 Å². The molecule has 6 heteroatoms. The Balaban J connectivity index is 2.72. The van der Waals surface area contributed by atoms with Gasteiger partial charge in [0, 0.05) is 11.3 Å². The lowest BCUT2D eigenvalue weighted by Crippen LogP contribution is -2.32. The Bertz CT molecular complexity index is 642. The number of carbonyl (C=O) groups is 2. The molecule has 0 saturated carbocycles. The van der Waals surface area contributed by atoms with E-state index in [2.05, 4.69) is 22.1 Å². The van der Waals surface area contributed by atoms with Gasteiger partial charge >= 0.3 is 12.1 Å². The van der Waals surface area contributed by atoms with Gasteiger partial charge in [-0.3, -0.25) is 0 Å². The second-order valence-corrected chi connectivity index (χ2v) is 6.00. The van der Waals surface area contributed by atoms with Crippen LogP contribution in [-0.2, 0) is 9.47 Å². The number of aryl methyl sites for hydroxylation is 1. The van der Waals surface area contributed by atoms with E-state index in [0.717, 1.165) is 16.8 Å². The van der Waals surface area contributed by atoms with Crippen molar-refractivity contribution in [1.82, 2.24) is 10.3 Å². The molecule has 0 bridgehead atoms. The van der Waals surface area contributed by atoms with Crippen LogP contribution >= 0.6 is 0 Å². The molecule has 6 nitrogen and oxygen atoms in total. The molecule has 126 valence electrons. The van der Waals surface area contributed by atoms with Crippen LogP contribution < -0.4 is 5.32 Å². The zero-order valence-electron chi connectivity index (χ0n) is 14.5. The second kappa shape index (κ2) is 7.73. The smallest absolute Gasteiger partial charge is 0.408 e. The number of hydrogen-bond acceptors (Lipinski definition) is 4.